The van der Waals surface area contributed by atoms with Crippen LogP contribution in [0.4, 0.5) is 4.79 Å². The Morgan fingerprint density at radius 3 is 2.48 bits per heavy atom. The molecule has 0 unspecified atom stereocenters. The maximum absolute atomic E-state index is 11.6. The van der Waals surface area contributed by atoms with Crippen LogP contribution in [0.2, 0.25) is 0 Å². The molecule has 0 saturated heterocycles. The lowest BCUT2D eigenvalue weighted by Gasteiger charge is -2.09. The molecule has 2 N–H and O–H groups in total. The van der Waals surface area contributed by atoms with Crippen molar-refractivity contribution in [2.24, 2.45) is 0 Å². The van der Waals surface area contributed by atoms with Crippen LogP contribution in [-0.2, 0) is 6.54 Å². The first kappa shape index (κ1) is 15.4. The second-order valence-electron chi connectivity index (χ2n) is 4.36. The van der Waals surface area contributed by atoms with E-state index in [1.54, 1.807) is 0 Å². The minimum Gasteiger partial charge on any atom is -0.492 e. The number of halogens is 1. The summed E-state index contributed by atoms with van der Waals surface area (Å²) in [6.07, 6.45) is 0. The summed E-state index contributed by atoms with van der Waals surface area (Å²) in [6.45, 7) is 1.37. The summed E-state index contributed by atoms with van der Waals surface area (Å²) in [5, 5.41) is 5.56. The van der Waals surface area contributed by atoms with Gasteiger partial charge in [0.2, 0.25) is 0 Å². The van der Waals surface area contributed by atoms with Crippen molar-refractivity contribution in [1.29, 1.82) is 0 Å². The van der Waals surface area contributed by atoms with E-state index >= 15 is 0 Å². The van der Waals surface area contributed by atoms with Crippen LogP contribution in [0.3, 0.4) is 0 Å². The molecule has 0 aliphatic carbocycles. The molecule has 0 heterocycles. The molecule has 0 aliphatic rings. The SMILES string of the molecule is O=C(NCCOc1ccccc1)NCc1ccccc1Br. The van der Waals surface area contributed by atoms with Crippen molar-refractivity contribution in [3.63, 3.8) is 0 Å². The summed E-state index contributed by atoms with van der Waals surface area (Å²) in [4.78, 5) is 11.6. The van der Waals surface area contributed by atoms with Gasteiger partial charge in [-0.2, -0.15) is 0 Å². The fraction of sp³-hybridized carbons (Fsp3) is 0.188. The van der Waals surface area contributed by atoms with Gasteiger partial charge in [0.25, 0.3) is 0 Å². The first-order valence-electron chi connectivity index (χ1n) is 6.68. The van der Waals surface area contributed by atoms with Gasteiger partial charge >= 0.3 is 6.03 Å². The normalized spacial score (nSPS) is 9.95. The third-order valence-electron chi connectivity index (χ3n) is 2.80. The number of hydrogen-bond donors (Lipinski definition) is 2. The summed E-state index contributed by atoms with van der Waals surface area (Å²) < 4.78 is 6.47. The number of rotatable bonds is 6. The van der Waals surface area contributed by atoms with Gasteiger partial charge < -0.3 is 15.4 Å². The van der Waals surface area contributed by atoms with Crippen molar-refractivity contribution in [2.75, 3.05) is 13.2 Å². The number of ether oxygens (including phenoxy) is 1. The van der Waals surface area contributed by atoms with Crippen LogP contribution in [0.15, 0.2) is 59.1 Å². The number of carbonyl (C=O) groups excluding carboxylic acids is 1. The zero-order valence-corrected chi connectivity index (χ0v) is 13.1. The quantitative estimate of drug-likeness (QED) is 0.786. The zero-order chi connectivity index (χ0) is 14.9. The van der Waals surface area contributed by atoms with E-state index in [4.69, 9.17) is 4.74 Å². The van der Waals surface area contributed by atoms with Crippen LogP contribution in [0, 0.1) is 0 Å². The highest BCUT2D eigenvalue weighted by atomic mass is 79.9. The smallest absolute Gasteiger partial charge is 0.315 e. The van der Waals surface area contributed by atoms with Crippen molar-refractivity contribution >= 4 is 22.0 Å². The van der Waals surface area contributed by atoms with Crippen molar-refractivity contribution in [1.82, 2.24) is 10.6 Å². The molecule has 0 radical (unpaired) electrons. The van der Waals surface area contributed by atoms with Gasteiger partial charge in [-0.3, -0.25) is 0 Å². The Balaban J connectivity index is 1.63. The Labute approximate surface area is 132 Å². The van der Waals surface area contributed by atoms with Crippen LogP contribution in [0.1, 0.15) is 5.56 Å². The highest BCUT2D eigenvalue weighted by Gasteiger charge is 2.02. The lowest BCUT2D eigenvalue weighted by Crippen LogP contribution is -2.37. The summed E-state index contributed by atoms with van der Waals surface area (Å²) in [5.74, 6) is 0.799. The lowest BCUT2D eigenvalue weighted by molar-refractivity contribution is 0.236. The third kappa shape index (κ3) is 5.47. The predicted molar refractivity (Wildman–Crippen MR) is 86.3 cm³/mol. The summed E-state index contributed by atoms with van der Waals surface area (Å²) >= 11 is 3.44. The molecule has 5 heteroatoms. The molecule has 2 aromatic rings. The van der Waals surface area contributed by atoms with Crippen molar-refractivity contribution in [3.8, 4) is 5.75 Å². The van der Waals surface area contributed by atoms with Crippen LogP contribution in [0.5, 0.6) is 5.75 Å². The molecular weight excluding hydrogens is 332 g/mol. The molecule has 110 valence electrons. The number of amides is 2. The van der Waals surface area contributed by atoms with E-state index in [1.807, 2.05) is 54.6 Å². The Morgan fingerprint density at radius 2 is 1.71 bits per heavy atom. The molecule has 0 bridgehead atoms. The van der Waals surface area contributed by atoms with E-state index in [0.29, 0.717) is 19.7 Å². The Morgan fingerprint density at radius 1 is 1.00 bits per heavy atom. The monoisotopic (exact) mass is 348 g/mol. The van der Waals surface area contributed by atoms with E-state index in [0.717, 1.165) is 15.8 Å². The van der Waals surface area contributed by atoms with Gasteiger partial charge in [0, 0.05) is 11.0 Å². The number of para-hydroxylation sites is 1. The largest absolute Gasteiger partial charge is 0.492 e. The van der Waals surface area contributed by atoms with Crippen molar-refractivity contribution < 1.29 is 9.53 Å². The minimum absolute atomic E-state index is 0.206. The van der Waals surface area contributed by atoms with Gasteiger partial charge in [-0.15, -0.1) is 0 Å². The molecule has 0 aliphatic heterocycles. The summed E-state index contributed by atoms with van der Waals surface area (Å²) in [6, 6.07) is 17.1. The van der Waals surface area contributed by atoms with E-state index in [1.165, 1.54) is 0 Å². The van der Waals surface area contributed by atoms with Gasteiger partial charge in [-0.1, -0.05) is 52.3 Å². The molecule has 4 nitrogen and oxygen atoms in total. The molecule has 0 fully saturated rings. The topological polar surface area (TPSA) is 50.4 Å². The van der Waals surface area contributed by atoms with E-state index < -0.39 is 0 Å². The van der Waals surface area contributed by atoms with Gasteiger partial charge in [0.1, 0.15) is 12.4 Å². The molecule has 0 atom stereocenters. The van der Waals surface area contributed by atoms with Crippen LogP contribution in [-0.4, -0.2) is 19.2 Å². The molecular formula is C16H17BrN2O2. The maximum atomic E-state index is 11.6. The predicted octanol–water partition coefficient (Wildman–Crippen LogP) is 3.33. The lowest BCUT2D eigenvalue weighted by atomic mass is 10.2. The second kappa shape index (κ2) is 8.32. The summed E-state index contributed by atoms with van der Waals surface area (Å²) in [5.41, 5.74) is 1.04. The molecule has 0 saturated carbocycles. The molecule has 2 aromatic carbocycles. The highest BCUT2D eigenvalue weighted by Crippen LogP contribution is 2.15. The molecule has 2 rings (SSSR count). The molecule has 21 heavy (non-hydrogen) atoms. The zero-order valence-electron chi connectivity index (χ0n) is 11.5. The van der Waals surface area contributed by atoms with Crippen LogP contribution in [0.25, 0.3) is 0 Å². The molecule has 2 amide bonds. The number of urea groups is 1. The molecule has 0 aromatic heterocycles. The van der Waals surface area contributed by atoms with E-state index in [9.17, 15) is 4.79 Å². The van der Waals surface area contributed by atoms with Crippen molar-refractivity contribution in [2.45, 2.75) is 6.54 Å². The van der Waals surface area contributed by atoms with Crippen molar-refractivity contribution in [3.05, 3.63) is 64.6 Å². The van der Waals surface area contributed by atoms with Gasteiger partial charge in [-0.05, 0) is 23.8 Å². The Hall–Kier alpha value is -2.01. The fourth-order valence-corrected chi connectivity index (χ4v) is 2.15. The number of carbonyl (C=O) groups is 1. The molecule has 0 spiro atoms. The van der Waals surface area contributed by atoms with Gasteiger partial charge in [0.05, 0.1) is 6.54 Å². The minimum atomic E-state index is -0.206. The second-order valence-corrected chi connectivity index (χ2v) is 5.22. The first-order chi connectivity index (χ1) is 10.3. The average molecular weight is 349 g/mol. The number of hydrogen-bond acceptors (Lipinski definition) is 2. The number of nitrogens with one attached hydrogen (secondary N) is 2. The maximum Gasteiger partial charge on any atom is 0.315 e. The third-order valence-corrected chi connectivity index (χ3v) is 3.57. The standard InChI is InChI=1S/C16H17BrN2O2/c17-15-9-5-4-6-13(15)12-19-16(20)18-10-11-21-14-7-2-1-3-8-14/h1-9H,10-12H2,(H2,18,19,20). The summed E-state index contributed by atoms with van der Waals surface area (Å²) in [7, 11) is 0. The average Bonchev–Trinajstić information content (AvgIpc) is 2.52. The first-order valence-corrected chi connectivity index (χ1v) is 7.48. The van der Waals surface area contributed by atoms with Crippen LogP contribution >= 0.6 is 15.9 Å². The fourth-order valence-electron chi connectivity index (χ4n) is 1.73. The van der Waals surface area contributed by atoms with E-state index in [-0.39, 0.29) is 6.03 Å². The van der Waals surface area contributed by atoms with E-state index in [2.05, 4.69) is 26.6 Å². The van der Waals surface area contributed by atoms with Gasteiger partial charge in [-0.25, -0.2) is 4.79 Å². The van der Waals surface area contributed by atoms with Crippen LogP contribution < -0.4 is 15.4 Å². The number of benzene rings is 2. The Kier molecular flexibility index (Phi) is 6.09. The van der Waals surface area contributed by atoms with Gasteiger partial charge in [0.15, 0.2) is 0 Å². The highest BCUT2D eigenvalue weighted by molar-refractivity contribution is 9.10. The Bertz CT molecular complexity index is 575.